The number of nitrogens with one attached hydrogen (secondary N) is 1. The second kappa shape index (κ2) is 11.3. The Kier molecular flexibility index (Phi) is 8.15. The third kappa shape index (κ3) is 5.93. The van der Waals surface area contributed by atoms with Crippen LogP contribution in [0.25, 0.3) is 0 Å². The van der Waals surface area contributed by atoms with E-state index < -0.39 is 0 Å². The van der Waals surface area contributed by atoms with Crippen molar-refractivity contribution in [3.8, 4) is 5.75 Å². The van der Waals surface area contributed by atoms with Crippen molar-refractivity contribution >= 4 is 23.4 Å². The molecular formula is C28H35ClN2O3. The Balaban J connectivity index is 1.45. The zero-order chi connectivity index (χ0) is 24.0. The Morgan fingerprint density at radius 2 is 1.76 bits per heavy atom. The number of fused-ring (bicyclic) bond motifs is 1. The van der Waals surface area contributed by atoms with Crippen molar-refractivity contribution < 1.29 is 14.3 Å². The van der Waals surface area contributed by atoms with Crippen LogP contribution in [0.4, 0.5) is 0 Å². The van der Waals surface area contributed by atoms with E-state index in [4.69, 9.17) is 16.3 Å². The highest BCUT2D eigenvalue weighted by Gasteiger charge is 2.36. The van der Waals surface area contributed by atoms with Crippen molar-refractivity contribution in [2.75, 3.05) is 26.2 Å². The molecule has 4 rings (SSSR count). The molecule has 0 unspecified atom stereocenters. The molecule has 0 aliphatic carbocycles. The molecule has 2 heterocycles. The van der Waals surface area contributed by atoms with E-state index in [-0.39, 0.29) is 17.2 Å². The van der Waals surface area contributed by atoms with Gasteiger partial charge in [-0.15, -0.1) is 0 Å². The lowest BCUT2D eigenvalue weighted by Crippen LogP contribution is -2.48. The minimum atomic E-state index is -0.148. The lowest BCUT2D eigenvalue weighted by molar-refractivity contribution is 0.0536. The van der Waals surface area contributed by atoms with Crippen LogP contribution in [-0.2, 0) is 6.42 Å². The van der Waals surface area contributed by atoms with Crippen molar-refractivity contribution in [3.63, 3.8) is 0 Å². The lowest BCUT2D eigenvalue weighted by atomic mass is 9.74. The van der Waals surface area contributed by atoms with Crippen LogP contribution in [0, 0.1) is 5.41 Å². The van der Waals surface area contributed by atoms with Crippen molar-refractivity contribution in [2.24, 2.45) is 5.41 Å². The van der Waals surface area contributed by atoms with Gasteiger partial charge in [-0.25, -0.2) is 0 Å². The molecule has 0 radical (unpaired) electrons. The summed E-state index contributed by atoms with van der Waals surface area (Å²) in [6.07, 6.45) is 8.17. The summed E-state index contributed by atoms with van der Waals surface area (Å²) in [6, 6.07) is 13.2. The third-order valence-electron chi connectivity index (χ3n) is 7.39. The van der Waals surface area contributed by atoms with Gasteiger partial charge in [0, 0.05) is 30.2 Å². The fourth-order valence-electron chi connectivity index (χ4n) is 5.07. The summed E-state index contributed by atoms with van der Waals surface area (Å²) in [5.41, 5.74) is 2.49. The van der Waals surface area contributed by atoms with Crippen LogP contribution in [0.2, 0.25) is 5.02 Å². The molecule has 0 atom stereocenters. The molecule has 0 saturated carbocycles. The lowest BCUT2D eigenvalue weighted by Gasteiger charge is -2.42. The van der Waals surface area contributed by atoms with E-state index >= 15 is 0 Å². The van der Waals surface area contributed by atoms with E-state index in [1.807, 2.05) is 29.2 Å². The SMILES string of the molecule is CCc1ccc(C(=O)N2CCC3(CCCCCCOc4ccc(Cl)cc4C(=O)NC3)CC2)cc1. The predicted octanol–water partition coefficient (Wildman–Crippen LogP) is 5.90. The molecule has 5 nitrogen and oxygen atoms in total. The zero-order valence-corrected chi connectivity index (χ0v) is 20.8. The van der Waals surface area contributed by atoms with E-state index in [1.165, 1.54) is 5.56 Å². The molecule has 1 N–H and O–H groups in total. The molecule has 1 fully saturated rings. The van der Waals surface area contributed by atoms with Crippen molar-refractivity contribution in [3.05, 3.63) is 64.2 Å². The number of aryl methyl sites for hydroxylation is 1. The van der Waals surface area contributed by atoms with Gasteiger partial charge in [0.25, 0.3) is 11.8 Å². The van der Waals surface area contributed by atoms with Crippen LogP contribution in [0.3, 0.4) is 0 Å². The minimum absolute atomic E-state index is 0.00611. The summed E-state index contributed by atoms with van der Waals surface area (Å²) in [4.78, 5) is 28.1. The molecule has 2 amide bonds. The summed E-state index contributed by atoms with van der Waals surface area (Å²) in [5, 5.41) is 3.70. The van der Waals surface area contributed by atoms with Gasteiger partial charge in [0.15, 0.2) is 0 Å². The van der Waals surface area contributed by atoms with Crippen LogP contribution >= 0.6 is 11.6 Å². The molecule has 182 valence electrons. The molecule has 2 aromatic rings. The van der Waals surface area contributed by atoms with Gasteiger partial charge in [-0.3, -0.25) is 9.59 Å². The number of carbonyl (C=O) groups excluding carboxylic acids is 2. The first-order valence-electron chi connectivity index (χ1n) is 12.6. The molecule has 6 heteroatoms. The Morgan fingerprint density at radius 3 is 2.50 bits per heavy atom. The molecule has 34 heavy (non-hydrogen) atoms. The summed E-state index contributed by atoms with van der Waals surface area (Å²) in [7, 11) is 0. The smallest absolute Gasteiger partial charge is 0.255 e. The minimum Gasteiger partial charge on any atom is -0.493 e. The fourth-order valence-corrected chi connectivity index (χ4v) is 5.24. The van der Waals surface area contributed by atoms with Gasteiger partial charge in [0.1, 0.15) is 5.75 Å². The third-order valence-corrected chi connectivity index (χ3v) is 7.62. The first kappa shape index (κ1) is 24.6. The number of amides is 2. The van der Waals surface area contributed by atoms with Crippen molar-refractivity contribution in [1.29, 1.82) is 0 Å². The van der Waals surface area contributed by atoms with Gasteiger partial charge in [-0.2, -0.15) is 0 Å². The van der Waals surface area contributed by atoms with E-state index in [2.05, 4.69) is 12.2 Å². The zero-order valence-electron chi connectivity index (χ0n) is 20.1. The second-order valence-electron chi connectivity index (χ2n) is 9.68. The van der Waals surface area contributed by atoms with Gasteiger partial charge in [0.05, 0.1) is 12.2 Å². The number of ether oxygens (including phenoxy) is 1. The quantitative estimate of drug-likeness (QED) is 0.579. The number of halogens is 1. The standard InChI is InChI=1S/C28H35ClN2O3/c1-2-21-7-9-22(10-8-21)27(33)31-16-14-28(15-17-31)13-5-3-4-6-18-34-25-12-11-23(29)19-24(25)26(32)30-20-28/h7-12,19H,2-6,13-18,20H2,1H3,(H,30,32). The van der Waals surface area contributed by atoms with Crippen LogP contribution < -0.4 is 10.1 Å². The van der Waals surface area contributed by atoms with Crippen molar-refractivity contribution in [1.82, 2.24) is 10.2 Å². The maximum Gasteiger partial charge on any atom is 0.255 e. The highest BCUT2D eigenvalue weighted by molar-refractivity contribution is 6.31. The highest BCUT2D eigenvalue weighted by atomic mass is 35.5. The summed E-state index contributed by atoms with van der Waals surface area (Å²) >= 11 is 6.18. The fraction of sp³-hybridized carbons (Fsp3) is 0.500. The van der Waals surface area contributed by atoms with Gasteiger partial charge in [0.2, 0.25) is 0 Å². The average molecular weight is 483 g/mol. The number of nitrogens with zero attached hydrogens (tertiary/aromatic N) is 1. The summed E-state index contributed by atoms with van der Waals surface area (Å²) in [6.45, 7) is 4.75. The Bertz CT molecular complexity index is 997. The number of piperidine rings is 1. The summed E-state index contributed by atoms with van der Waals surface area (Å²) < 4.78 is 5.90. The average Bonchev–Trinajstić information content (AvgIpc) is 2.88. The maximum atomic E-state index is 13.1. The number of hydrogen-bond acceptors (Lipinski definition) is 3. The monoisotopic (exact) mass is 482 g/mol. The summed E-state index contributed by atoms with van der Waals surface area (Å²) in [5.74, 6) is 0.544. The van der Waals surface area contributed by atoms with Gasteiger partial charge in [-0.1, -0.05) is 49.9 Å². The molecule has 1 spiro atoms. The molecule has 0 aromatic heterocycles. The largest absolute Gasteiger partial charge is 0.493 e. The molecule has 2 aliphatic rings. The number of likely N-dealkylation sites (tertiary alicyclic amines) is 1. The first-order valence-corrected chi connectivity index (χ1v) is 13.0. The van der Waals surface area contributed by atoms with Crippen molar-refractivity contribution in [2.45, 2.75) is 58.3 Å². The molecule has 0 bridgehead atoms. The topological polar surface area (TPSA) is 58.6 Å². The Labute approximate surface area is 207 Å². The van der Waals surface area contributed by atoms with E-state index in [0.717, 1.165) is 70.0 Å². The normalized spacial score (nSPS) is 19.1. The number of carbonyl (C=O) groups is 2. The van der Waals surface area contributed by atoms with E-state index in [0.29, 0.717) is 29.5 Å². The van der Waals surface area contributed by atoms with Crippen LogP contribution in [0.1, 0.15) is 78.1 Å². The van der Waals surface area contributed by atoms with Crippen LogP contribution in [0.15, 0.2) is 42.5 Å². The Hall–Kier alpha value is -2.53. The van der Waals surface area contributed by atoms with Crippen LogP contribution in [0.5, 0.6) is 5.75 Å². The second-order valence-corrected chi connectivity index (χ2v) is 10.1. The predicted molar refractivity (Wildman–Crippen MR) is 136 cm³/mol. The van der Waals surface area contributed by atoms with Crippen LogP contribution in [-0.4, -0.2) is 43.0 Å². The molecule has 2 aliphatic heterocycles. The van der Waals surface area contributed by atoms with Gasteiger partial charge >= 0.3 is 0 Å². The number of rotatable bonds is 2. The Morgan fingerprint density at radius 1 is 1.03 bits per heavy atom. The van der Waals surface area contributed by atoms with E-state index in [9.17, 15) is 9.59 Å². The van der Waals surface area contributed by atoms with E-state index in [1.54, 1.807) is 18.2 Å². The molecule has 2 aromatic carbocycles. The number of benzene rings is 2. The first-order chi connectivity index (χ1) is 16.5. The maximum absolute atomic E-state index is 13.1. The highest BCUT2D eigenvalue weighted by Crippen LogP contribution is 2.37. The molecule has 1 saturated heterocycles. The number of hydrogen-bond donors (Lipinski definition) is 1. The van der Waals surface area contributed by atoms with Gasteiger partial charge < -0.3 is 15.0 Å². The van der Waals surface area contributed by atoms with Gasteiger partial charge in [-0.05, 0) is 73.4 Å². The molecular weight excluding hydrogens is 448 g/mol.